The standard InChI is InChI=1S/C15H22BNO4/c1-14(2)15(3,4)21-16(20-14)11(10-13(18)19-5)12-8-6-7-9-17-12/h6-9,11H,10H2,1-5H3. The van der Waals surface area contributed by atoms with Gasteiger partial charge in [0.05, 0.1) is 24.7 Å². The van der Waals surface area contributed by atoms with Crippen molar-refractivity contribution in [2.75, 3.05) is 7.11 Å². The molecule has 0 radical (unpaired) electrons. The van der Waals surface area contributed by atoms with Crippen molar-refractivity contribution in [3.05, 3.63) is 30.1 Å². The third-order valence-electron chi connectivity index (χ3n) is 4.28. The van der Waals surface area contributed by atoms with Crippen molar-refractivity contribution in [2.24, 2.45) is 0 Å². The molecule has 1 saturated heterocycles. The van der Waals surface area contributed by atoms with Crippen LogP contribution in [-0.2, 0) is 18.8 Å². The minimum absolute atomic E-state index is 0.171. The highest BCUT2D eigenvalue weighted by Gasteiger charge is 2.54. The van der Waals surface area contributed by atoms with Crippen molar-refractivity contribution in [3.63, 3.8) is 0 Å². The maximum absolute atomic E-state index is 11.7. The zero-order valence-electron chi connectivity index (χ0n) is 13.3. The molecule has 0 aliphatic carbocycles. The summed E-state index contributed by atoms with van der Waals surface area (Å²) in [7, 11) is 0.853. The van der Waals surface area contributed by atoms with E-state index in [-0.39, 0.29) is 18.2 Å². The molecule has 2 rings (SSSR count). The summed E-state index contributed by atoms with van der Waals surface area (Å²) in [6, 6.07) is 5.60. The largest absolute Gasteiger partial charge is 0.469 e. The number of nitrogens with zero attached hydrogens (tertiary/aromatic N) is 1. The first kappa shape index (κ1) is 16.0. The summed E-state index contributed by atoms with van der Waals surface area (Å²) in [5.41, 5.74) is -0.122. The molecule has 1 aliphatic heterocycles. The van der Waals surface area contributed by atoms with Crippen LogP contribution < -0.4 is 0 Å². The van der Waals surface area contributed by atoms with Crippen molar-refractivity contribution in [1.29, 1.82) is 0 Å². The van der Waals surface area contributed by atoms with Gasteiger partial charge in [0, 0.05) is 17.7 Å². The number of hydrogen-bond acceptors (Lipinski definition) is 5. The van der Waals surface area contributed by atoms with E-state index in [1.165, 1.54) is 7.11 Å². The van der Waals surface area contributed by atoms with Crippen molar-refractivity contribution < 1.29 is 18.8 Å². The molecule has 0 spiro atoms. The average molecular weight is 291 g/mol. The van der Waals surface area contributed by atoms with Gasteiger partial charge < -0.3 is 14.0 Å². The fourth-order valence-corrected chi connectivity index (χ4v) is 2.25. The summed E-state index contributed by atoms with van der Waals surface area (Å²) < 4.78 is 16.9. The molecule has 6 heteroatoms. The van der Waals surface area contributed by atoms with E-state index in [0.29, 0.717) is 0 Å². The van der Waals surface area contributed by atoms with Crippen LogP contribution in [0.5, 0.6) is 0 Å². The van der Waals surface area contributed by atoms with Crippen LogP contribution in [0, 0.1) is 0 Å². The Morgan fingerprint density at radius 1 is 1.29 bits per heavy atom. The Kier molecular flexibility index (Phi) is 4.39. The second-order valence-electron chi connectivity index (χ2n) is 6.27. The first-order valence-electron chi connectivity index (χ1n) is 7.10. The molecule has 2 heterocycles. The minimum atomic E-state index is -0.524. The average Bonchev–Trinajstić information content (AvgIpc) is 2.65. The van der Waals surface area contributed by atoms with E-state index in [4.69, 9.17) is 14.0 Å². The quantitative estimate of drug-likeness (QED) is 0.629. The molecule has 1 aromatic heterocycles. The summed E-state index contributed by atoms with van der Waals surface area (Å²) in [5, 5.41) is 0. The van der Waals surface area contributed by atoms with Crippen molar-refractivity contribution in [1.82, 2.24) is 4.98 Å². The topological polar surface area (TPSA) is 57.7 Å². The van der Waals surface area contributed by atoms with E-state index in [9.17, 15) is 4.79 Å². The number of carbonyl (C=O) groups excluding carboxylic acids is 1. The monoisotopic (exact) mass is 291 g/mol. The van der Waals surface area contributed by atoms with Gasteiger partial charge in [0.25, 0.3) is 0 Å². The van der Waals surface area contributed by atoms with Gasteiger partial charge in [-0.2, -0.15) is 0 Å². The number of pyridine rings is 1. The summed E-state index contributed by atoms with van der Waals surface area (Å²) >= 11 is 0. The van der Waals surface area contributed by atoms with E-state index in [2.05, 4.69) is 4.98 Å². The lowest BCUT2D eigenvalue weighted by Gasteiger charge is -2.32. The number of esters is 1. The molecule has 0 N–H and O–H groups in total. The molecule has 5 nitrogen and oxygen atoms in total. The second-order valence-corrected chi connectivity index (χ2v) is 6.27. The first-order chi connectivity index (χ1) is 9.77. The zero-order valence-corrected chi connectivity index (χ0v) is 13.3. The lowest BCUT2D eigenvalue weighted by atomic mass is 9.68. The third-order valence-corrected chi connectivity index (χ3v) is 4.28. The molecule has 1 aromatic rings. The fraction of sp³-hybridized carbons (Fsp3) is 0.600. The van der Waals surface area contributed by atoms with Gasteiger partial charge in [-0.25, -0.2) is 0 Å². The number of rotatable bonds is 4. The van der Waals surface area contributed by atoms with Gasteiger partial charge in [-0.15, -0.1) is 0 Å². The molecule has 0 aromatic carbocycles. The van der Waals surface area contributed by atoms with E-state index in [0.717, 1.165) is 5.69 Å². The summed E-state index contributed by atoms with van der Waals surface area (Å²) in [5.74, 6) is -0.597. The number of aromatic nitrogens is 1. The Hall–Kier alpha value is -1.40. The maximum Gasteiger partial charge on any atom is 0.468 e. The van der Waals surface area contributed by atoms with E-state index in [1.807, 2.05) is 45.9 Å². The fourth-order valence-electron chi connectivity index (χ4n) is 2.25. The van der Waals surface area contributed by atoms with E-state index >= 15 is 0 Å². The normalized spacial score (nSPS) is 21.1. The summed E-state index contributed by atoms with van der Waals surface area (Å²) in [6.45, 7) is 7.95. The lowest BCUT2D eigenvalue weighted by molar-refractivity contribution is -0.140. The molecule has 0 saturated carbocycles. The van der Waals surface area contributed by atoms with Gasteiger partial charge in [0.2, 0.25) is 0 Å². The molecule has 1 unspecified atom stereocenters. The predicted octanol–water partition coefficient (Wildman–Crippen LogP) is 2.36. The van der Waals surface area contributed by atoms with Gasteiger partial charge in [0.15, 0.2) is 0 Å². The second kappa shape index (κ2) is 5.77. The highest BCUT2D eigenvalue weighted by molar-refractivity contribution is 6.48. The maximum atomic E-state index is 11.7. The molecule has 1 aliphatic rings. The van der Waals surface area contributed by atoms with Gasteiger partial charge in [-0.3, -0.25) is 9.78 Å². The highest BCUT2D eigenvalue weighted by Crippen LogP contribution is 2.41. The molecule has 21 heavy (non-hydrogen) atoms. The summed E-state index contributed by atoms with van der Waals surface area (Å²) in [6.07, 6.45) is 1.87. The van der Waals surface area contributed by atoms with E-state index < -0.39 is 18.3 Å². The van der Waals surface area contributed by atoms with Crippen molar-refractivity contribution in [3.8, 4) is 0 Å². The molecular formula is C15H22BNO4. The van der Waals surface area contributed by atoms with Crippen LogP contribution in [0.3, 0.4) is 0 Å². The molecule has 0 amide bonds. The smallest absolute Gasteiger partial charge is 0.468 e. The third kappa shape index (κ3) is 3.27. The lowest BCUT2D eigenvalue weighted by Crippen LogP contribution is -2.41. The first-order valence-corrected chi connectivity index (χ1v) is 7.10. The molecule has 1 fully saturated rings. The van der Waals surface area contributed by atoms with Crippen LogP contribution in [0.25, 0.3) is 0 Å². The van der Waals surface area contributed by atoms with Gasteiger partial charge in [-0.1, -0.05) is 6.07 Å². The van der Waals surface area contributed by atoms with Crippen molar-refractivity contribution in [2.45, 2.75) is 51.1 Å². The molecule has 1 atom stereocenters. The number of carbonyl (C=O) groups is 1. The molecule has 114 valence electrons. The van der Waals surface area contributed by atoms with Gasteiger partial charge in [0.1, 0.15) is 0 Å². The van der Waals surface area contributed by atoms with Crippen molar-refractivity contribution >= 4 is 13.1 Å². The molecular weight excluding hydrogens is 269 g/mol. The predicted molar refractivity (Wildman–Crippen MR) is 79.7 cm³/mol. The Bertz CT molecular complexity index is 488. The molecule has 0 bridgehead atoms. The van der Waals surface area contributed by atoms with Crippen LogP contribution in [0.2, 0.25) is 0 Å². The number of methoxy groups -OCH3 is 1. The van der Waals surface area contributed by atoms with E-state index in [1.54, 1.807) is 6.20 Å². The van der Waals surface area contributed by atoms with Crippen LogP contribution in [0.1, 0.15) is 45.6 Å². The van der Waals surface area contributed by atoms with Crippen LogP contribution in [0.4, 0.5) is 0 Å². The SMILES string of the molecule is COC(=O)CC(B1OC(C)(C)C(C)(C)O1)c1ccccn1. The van der Waals surface area contributed by atoms with Crippen LogP contribution in [0.15, 0.2) is 24.4 Å². The Balaban J connectivity index is 2.27. The number of ether oxygens (including phenoxy) is 1. The Labute approximate surface area is 126 Å². The van der Waals surface area contributed by atoms with Gasteiger partial charge in [-0.05, 0) is 39.8 Å². The van der Waals surface area contributed by atoms with Gasteiger partial charge >= 0.3 is 13.1 Å². The Morgan fingerprint density at radius 2 is 1.90 bits per heavy atom. The highest BCUT2D eigenvalue weighted by atomic mass is 16.7. The van der Waals surface area contributed by atoms with Crippen LogP contribution >= 0.6 is 0 Å². The minimum Gasteiger partial charge on any atom is -0.469 e. The Morgan fingerprint density at radius 3 is 2.38 bits per heavy atom. The summed E-state index contributed by atoms with van der Waals surface area (Å²) in [4.78, 5) is 16.1. The van der Waals surface area contributed by atoms with Crippen LogP contribution in [-0.4, -0.2) is 36.4 Å². The zero-order chi connectivity index (χ0) is 15.7. The number of hydrogen-bond donors (Lipinski definition) is 0.